The van der Waals surface area contributed by atoms with E-state index in [2.05, 4.69) is 13.8 Å². The minimum absolute atomic E-state index is 0.107. The molecule has 0 aromatic carbocycles. The number of rotatable bonds is 40. The average Bonchev–Trinajstić information content (AvgIpc) is 3.09. The van der Waals surface area contributed by atoms with Crippen molar-refractivity contribution >= 4 is 11.9 Å². The highest BCUT2D eigenvalue weighted by Gasteiger charge is 2.12. The molecule has 0 saturated carbocycles. The first-order valence-corrected chi connectivity index (χ1v) is 21.6. The van der Waals surface area contributed by atoms with Crippen molar-refractivity contribution in [1.29, 1.82) is 0 Å². The minimum atomic E-state index is -0.955. The van der Waals surface area contributed by atoms with Crippen LogP contribution in [0.15, 0.2) is 0 Å². The average molecular weight is 681 g/mol. The van der Waals surface area contributed by atoms with Crippen LogP contribution in [0.4, 0.5) is 0 Å². The van der Waals surface area contributed by atoms with Gasteiger partial charge in [0.2, 0.25) is 0 Å². The molecule has 0 spiro atoms. The van der Waals surface area contributed by atoms with Crippen molar-refractivity contribution in [2.24, 2.45) is 0 Å². The van der Waals surface area contributed by atoms with Crippen LogP contribution in [0, 0.1) is 0 Å². The molecular weight excluding hydrogens is 596 g/mol. The summed E-state index contributed by atoms with van der Waals surface area (Å²) in [6.07, 6.45) is 44.5. The lowest BCUT2D eigenvalue weighted by Gasteiger charge is -2.12. The number of aliphatic hydroxyl groups excluding tert-OH is 1. The van der Waals surface area contributed by atoms with E-state index >= 15 is 0 Å². The van der Waals surface area contributed by atoms with Crippen LogP contribution < -0.4 is 0 Å². The molecule has 0 aliphatic heterocycles. The largest absolute Gasteiger partial charge is 0.463 e. The van der Waals surface area contributed by atoms with Gasteiger partial charge in [-0.15, -0.1) is 0 Å². The number of ether oxygens (including phenoxy) is 2. The Kier molecular flexibility index (Phi) is 39.4. The monoisotopic (exact) mass is 681 g/mol. The summed E-state index contributed by atoms with van der Waals surface area (Å²) in [5.74, 6) is -0.547. The fourth-order valence-corrected chi connectivity index (χ4v) is 6.56. The Balaban J connectivity index is 3.36. The molecule has 0 unspecified atom stereocenters. The molecule has 0 amide bonds. The summed E-state index contributed by atoms with van der Waals surface area (Å²) < 4.78 is 10.4. The molecule has 0 fully saturated rings. The van der Waals surface area contributed by atoms with Crippen molar-refractivity contribution in [2.75, 3.05) is 13.2 Å². The lowest BCUT2D eigenvalue weighted by molar-refractivity contribution is -0.152. The maximum absolute atomic E-state index is 12.0. The van der Waals surface area contributed by atoms with E-state index in [4.69, 9.17) is 9.47 Å². The molecular formula is C43H84O5. The number of hydrogen-bond acceptors (Lipinski definition) is 5. The van der Waals surface area contributed by atoms with E-state index in [1.54, 1.807) is 0 Å². The van der Waals surface area contributed by atoms with E-state index in [9.17, 15) is 14.7 Å². The fourth-order valence-electron chi connectivity index (χ4n) is 6.56. The molecule has 0 aliphatic carbocycles. The molecule has 5 heteroatoms. The fraction of sp³-hybridized carbons (Fsp3) is 0.953. The summed E-state index contributed by atoms with van der Waals surface area (Å²) in [5, 5.41) is 10.0. The van der Waals surface area contributed by atoms with Crippen molar-refractivity contribution in [3.05, 3.63) is 0 Å². The standard InChI is InChI=1S/C43H84O5/c1-3-5-7-9-11-13-15-17-19-21-23-25-27-29-31-33-35-37-42(45)47-39-41(44)40-48-43(46)38-36-34-32-30-28-26-24-22-20-18-16-14-12-10-8-6-4-2/h41,44H,3-40H2,1-2H3. The predicted octanol–water partition coefficient (Wildman–Crippen LogP) is 13.5. The van der Waals surface area contributed by atoms with Crippen molar-refractivity contribution in [3.8, 4) is 0 Å². The van der Waals surface area contributed by atoms with E-state index < -0.39 is 6.10 Å². The lowest BCUT2D eigenvalue weighted by Crippen LogP contribution is -2.25. The number of aliphatic hydroxyl groups is 1. The van der Waals surface area contributed by atoms with Gasteiger partial charge in [0.05, 0.1) is 0 Å². The van der Waals surface area contributed by atoms with Crippen LogP contribution >= 0.6 is 0 Å². The highest BCUT2D eigenvalue weighted by atomic mass is 16.6. The molecule has 5 nitrogen and oxygen atoms in total. The highest BCUT2D eigenvalue weighted by Crippen LogP contribution is 2.16. The van der Waals surface area contributed by atoms with Gasteiger partial charge in [-0.1, -0.05) is 219 Å². The minimum Gasteiger partial charge on any atom is -0.463 e. The molecule has 286 valence electrons. The maximum atomic E-state index is 12.0. The van der Waals surface area contributed by atoms with Crippen LogP contribution in [-0.2, 0) is 19.1 Å². The molecule has 0 rings (SSSR count). The maximum Gasteiger partial charge on any atom is 0.305 e. The van der Waals surface area contributed by atoms with Gasteiger partial charge >= 0.3 is 11.9 Å². The van der Waals surface area contributed by atoms with Crippen molar-refractivity contribution in [2.45, 2.75) is 251 Å². The number of carbonyl (C=O) groups excluding carboxylic acids is 2. The zero-order chi connectivity index (χ0) is 35.0. The Morgan fingerprint density at radius 1 is 0.354 bits per heavy atom. The van der Waals surface area contributed by atoms with E-state index in [1.165, 1.54) is 193 Å². The zero-order valence-corrected chi connectivity index (χ0v) is 32.5. The van der Waals surface area contributed by atoms with E-state index in [-0.39, 0.29) is 25.2 Å². The molecule has 0 bridgehead atoms. The van der Waals surface area contributed by atoms with Crippen molar-refractivity contribution in [3.63, 3.8) is 0 Å². The van der Waals surface area contributed by atoms with Crippen molar-refractivity contribution in [1.82, 2.24) is 0 Å². The van der Waals surface area contributed by atoms with Crippen LogP contribution in [0.1, 0.15) is 245 Å². The summed E-state index contributed by atoms with van der Waals surface area (Å²) in [5.41, 5.74) is 0. The molecule has 0 saturated heterocycles. The summed E-state index contributed by atoms with van der Waals surface area (Å²) in [4.78, 5) is 24.0. The Labute approximate surface area is 299 Å². The van der Waals surface area contributed by atoms with Crippen LogP contribution in [0.2, 0.25) is 0 Å². The van der Waals surface area contributed by atoms with Crippen LogP contribution in [-0.4, -0.2) is 36.4 Å². The summed E-state index contributed by atoms with van der Waals surface area (Å²) in [7, 11) is 0. The molecule has 0 aliphatic rings. The van der Waals surface area contributed by atoms with E-state index in [0.29, 0.717) is 12.8 Å². The molecule has 1 N–H and O–H groups in total. The SMILES string of the molecule is CCCCCCCCCCCCCCCCCCCC(=O)OCC(O)COC(=O)CCCCCCCCCCCCCCCCCCC. The predicted molar refractivity (Wildman–Crippen MR) is 205 cm³/mol. The van der Waals surface area contributed by atoms with Crippen molar-refractivity contribution < 1.29 is 24.2 Å². The summed E-state index contributed by atoms with van der Waals surface area (Å²) >= 11 is 0. The first kappa shape index (κ1) is 46.9. The second kappa shape index (κ2) is 40.3. The summed E-state index contributed by atoms with van der Waals surface area (Å²) in [6.45, 7) is 4.34. The lowest BCUT2D eigenvalue weighted by atomic mass is 10.0. The van der Waals surface area contributed by atoms with Gasteiger partial charge in [-0.25, -0.2) is 0 Å². The highest BCUT2D eigenvalue weighted by molar-refractivity contribution is 5.69. The van der Waals surface area contributed by atoms with E-state index in [1.807, 2.05) is 0 Å². The Hall–Kier alpha value is -1.10. The third-order valence-corrected chi connectivity index (χ3v) is 9.84. The third-order valence-electron chi connectivity index (χ3n) is 9.84. The summed E-state index contributed by atoms with van der Waals surface area (Å²) in [6, 6.07) is 0. The van der Waals surface area contributed by atoms with Crippen LogP contribution in [0.25, 0.3) is 0 Å². The number of unbranched alkanes of at least 4 members (excludes halogenated alkanes) is 32. The van der Waals surface area contributed by atoms with Gasteiger partial charge in [0, 0.05) is 12.8 Å². The van der Waals surface area contributed by atoms with Crippen LogP contribution in [0.3, 0.4) is 0 Å². The second-order valence-electron chi connectivity index (χ2n) is 14.8. The van der Waals surface area contributed by atoms with Gasteiger partial charge in [-0.2, -0.15) is 0 Å². The number of esters is 2. The molecule has 0 heterocycles. The molecule has 0 atom stereocenters. The third kappa shape index (κ3) is 39.3. The first-order valence-electron chi connectivity index (χ1n) is 21.6. The quantitative estimate of drug-likeness (QED) is 0.0515. The van der Waals surface area contributed by atoms with Gasteiger partial charge in [-0.05, 0) is 12.8 Å². The topological polar surface area (TPSA) is 72.8 Å². The van der Waals surface area contributed by atoms with E-state index in [0.717, 1.165) is 25.7 Å². The molecule has 0 radical (unpaired) electrons. The van der Waals surface area contributed by atoms with Gasteiger partial charge in [-0.3, -0.25) is 9.59 Å². The molecule has 0 aromatic heterocycles. The second-order valence-corrected chi connectivity index (χ2v) is 14.8. The Bertz CT molecular complexity index is 597. The van der Waals surface area contributed by atoms with Gasteiger partial charge in [0.25, 0.3) is 0 Å². The smallest absolute Gasteiger partial charge is 0.305 e. The zero-order valence-electron chi connectivity index (χ0n) is 32.5. The van der Waals surface area contributed by atoms with Crippen LogP contribution in [0.5, 0.6) is 0 Å². The molecule has 0 aromatic rings. The molecule has 48 heavy (non-hydrogen) atoms. The normalized spacial score (nSPS) is 11.4. The Morgan fingerprint density at radius 2 is 0.542 bits per heavy atom. The van der Waals surface area contributed by atoms with Gasteiger partial charge in [0.1, 0.15) is 19.3 Å². The van der Waals surface area contributed by atoms with Gasteiger partial charge in [0.15, 0.2) is 0 Å². The first-order chi connectivity index (χ1) is 23.6. The number of carbonyl (C=O) groups is 2. The number of hydrogen-bond donors (Lipinski definition) is 1. The Morgan fingerprint density at radius 3 is 0.750 bits per heavy atom. The van der Waals surface area contributed by atoms with Gasteiger partial charge < -0.3 is 14.6 Å².